The molecule has 1 unspecified atom stereocenters. The number of carbonyl (C=O) groups excluding carboxylic acids is 4. The topological polar surface area (TPSA) is 170 Å². The number of imidazole rings is 1. The molecule has 2 fully saturated rings. The van der Waals surface area contributed by atoms with Gasteiger partial charge in [0.05, 0.1) is 49.8 Å². The van der Waals surface area contributed by atoms with Gasteiger partial charge in [-0.25, -0.2) is 14.6 Å². The van der Waals surface area contributed by atoms with Gasteiger partial charge in [0.25, 0.3) is 0 Å². The minimum absolute atomic E-state index is 0.00934. The smallest absolute Gasteiger partial charge is 0.407 e. The third-order valence-electron chi connectivity index (χ3n) is 11.4. The summed E-state index contributed by atoms with van der Waals surface area (Å²) in [5.41, 5.74) is 5.10. The normalized spacial score (nSPS) is 19.7. The molecule has 0 saturated carbocycles. The van der Waals surface area contributed by atoms with E-state index in [9.17, 15) is 19.2 Å². The first-order valence-corrected chi connectivity index (χ1v) is 21.2. The van der Waals surface area contributed by atoms with Crippen molar-refractivity contribution in [2.24, 2.45) is 16.8 Å². The first-order chi connectivity index (χ1) is 29.0. The molecule has 6 rings (SSSR count). The van der Waals surface area contributed by atoms with E-state index in [0.717, 1.165) is 65.3 Å². The van der Waals surface area contributed by atoms with E-state index in [1.54, 1.807) is 12.2 Å². The number of amides is 4. The van der Waals surface area contributed by atoms with Crippen molar-refractivity contribution in [1.29, 1.82) is 0 Å². The van der Waals surface area contributed by atoms with Crippen LogP contribution < -0.4 is 16.0 Å². The summed E-state index contributed by atoms with van der Waals surface area (Å²) in [6.07, 6.45) is 8.33. The third kappa shape index (κ3) is 10.4. The maximum absolute atomic E-state index is 13.8. The fraction of sp³-hybridized carbons (Fsp3) is 0.478. The number of ether oxygens (including phenoxy) is 2. The van der Waals surface area contributed by atoms with Crippen LogP contribution in [0, 0.1) is 11.8 Å². The van der Waals surface area contributed by atoms with Gasteiger partial charge >= 0.3 is 12.2 Å². The van der Waals surface area contributed by atoms with Crippen LogP contribution >= 0.6 is 0 Å². The molecule has 3 aliphatic heterocycles. The average molecular weight is 821 g/mol. The Morgan fingerprint density at radius 3 is 1.80 bits per heavy atom. The first-order valence-electron chi connectivity index (χ1n) is 21.2. The van der Waals surface area contributed by atoms with E-state index >= 15 is 0 Å². The molecule has 4 N–H and O–H groups in total. The highest BCUT2D eigenvalue weighted by atomic mass is 16.6. The molecule has 0 radical (unpaired) electrons. The highest BCUT2D eigenvalue weighted by molar-refractivity contribution is 5.95. The second kappa shape index (κ2) is 20.4. The lowest BCUT2D eigenvalue weighted by Gasteiger charge is -2.31. The van der Waals surface area contributed by atoms with Crippen LogP contribution in [-0.2, 0) is 19.1 Å². The van der Waals surface area contributed by atoms with Gasteiger partial charge in [-0.1, -0.05) is 88.4 Å². The van der Waals surface area contributed by atoms with Gasteiger partial charge in [0, 0.05) is 13.1 Å². The number of aliphatic imine (C=N–C) groups is 1. The van der Waals surface area contributed by atoms with Gasteiger partial charge in [0.15, 0.2) is 0 Å². The first kappa shape index (κ1) is 43.7. The average Bonchev–Trinajstić information content (AvgIpc) is 4.09. The van der Waals surface area contributed by atoms with Crippen LogP contribution in [0.2, 0.25) is 0 Å². The van der Waals surface area contributed by atoms with Crippen molar-refractivity contribution in [2.75, 3.05) is 32.8 Å². The summed E-state index contributed by atoms with van der Waals surface area (Å²) in [6, 6.07) is 15.0. The van der Waals surface area contributed by atoms with Crippen molar-refractivity contribution in [3.05, 3.63) is 91.4 Å². The van der Waals surface area contributed by atoms with Gasteiger partial charge in [0.2, 0.25) is 11.8 Å². The number of hydrogen-bond donors (Lipinski definition) is 4. The van der Waals surface area contributed by atoms with Crippen molar-refractivity contribution in [3.8, 4) is 22.4 Å². The number of alkyl carbamates (subject to hydrolysis) is 2. The van der Waals surface area contributed by atoms with E-state index in [1.807, 2.05) is 43.7 Å². The molecule has 5 atom stereocenters. The van der Waals surface area contributed by atoms with Crippen LogP contribution in [0.1, 0.15) is 89.7 Å². The predicted molar refractivity (Wildman–Crippen MR) is 232 cm³/mol. The van der Waals surface area contributed by atoms with E-state index in [4.69, 9.17) is 19.5 Å². The molecule has 4 amide bonds. The van der Waals surface area contributed by atoms with Crippen LogP contribution in [0.5, 0.6) is 0 Å². The van der Waals surface area contributed by atoms with E-state index in [-0.39, 0.29) is 55.0 Å². The standard InChI is InChI=1S/C46H60N8O6/c1-7-9-25-59-45(57)51-39(29(3)4)43(55)53-23-11-13-37(53)41-47-27-35(49-41)33-19-15-31(16-20-33)32-17-21-34(22-18-32)36-28-48-42(50-36)38-14-12-24-54(38)44(56)40(30(5)6)52-46(58)60-26-10-8-2/h7-8,15-22,27,29-30,36-40H,1-2,9-14,23-26,28H2,3-6H3,(H,47,49)(H,48,50)(H,51,57)(H,52,58)/t36?,37-,38-,39-,40-/m0/s1. The molecule has 3 aromatic rings. The third-order valence-corrected chi connectivity index (χ3v) is 11.4. The quantitative estimate of drug-likeness (QED) is 0.0826. The Hall–Kier alpha value is -5.92. The molecular formula is C46H60N8O6. The van der Waals surface area contributed by atoms with E-state index in [0.29, 0.717) is 32.5 Å². The number of amidine groups is 1. The Bertz CT molecular complexity index is 2010. The zero-order valence-electron chi connectivity index (χ0n) is 35.3. The van der Waals surface area contributed by atoms with Crippen molar-refractivity contribution in [2.45, 2.75) is 96.4 Å². The summed E-state index contributed by atoms with van der Waals surface area (Å²) in [6.45, 7) is 17.1. The molecule has 4 heterocycles. The SMILES string of the molecule is C=CCCOC(=O)N[C@H](C(=O)N1CCC[C@H]1C1=NCC(c2ccc(-c3ccc(-c4cnc([C@@H]5CCCN5C(=O)[C@@H](NC(=O)OCCC=C)C(C)C)[nH]4)cc3)cc2)N1)C(C)C. The number of hydrogen-bond acceptors (Lipinski definition) is 9. The number of rotatable bonds is 17. The maximum Gasteiger partial charge on any atom is 0.407 e. The minimum atomic E-state index is -0.711. The second-order valence-corrected chi connectivity index (χ2v) is 16.3. The van der Waals surface area contributed by atoms with Crippen LogP contribution in [0.15, 0.2) is 85.0 Å². The van der Waals surface area contributed by atoms with E-state index in [1.165, 1.54) is 0 Å². The van der Waals surface area contributed by atoms with Gasteiger partial charge in [-0.2, -0.15) is 0 Å². The molecule has 0 spiro atoms. The van der Waals surface area contributed by atoms with E-state index < -0.39 is 24.3 Å². The highest BCUT2D eigenvalue weighted by Gasteiger charge is 2.40. The zero-order valence-corrected chi connectivity index (χ0v) is 35.3. The predicted octanol–water partition coefficient (Wildman–Crippen LogP) is 7.09. The number of aromatic amines is 1. The molecule has 2 saturated heterocycles. The molecule has 320 valence electrons. The molecule has 0 aliphatic carbocycles. The minimum Gasteiger partial charge on any atom is -0.449 e. The van der Waals surface area contributed by atoms with E-state index in [2.05, 4.69) is 82.6 Å². The Balaban J connectivity index is 1.04. The maximum atomic E-state index is 13.8. The molecule has 14 nitrogen and oxygen atoms in total. The summed E-state index contributed by atoms with van der Waals surface area (Å²) in [4.78, 5) is 69.0. The van der Waals surface area contributed by atoms with Crippen molar-refractivity contribution in [3.63, 3.8) is 0 Å². The fourth-order valence-corrected chi connectivity index (χ4v) is 8.07. The summed E-state index contributed by atoms with van der Waals surface area (Å²) >= 11 is 0. The van der Waals surface area contributed by atoms with Crippen LogP contribution in [0.4, 0.5) is 9.59 Å². The molecule has 1 aromatic heterocycles. The molecular weight excluding hydrogens is 761 g/mol. The van der Waals surface area contributed by atoms with Gasteiger partial charge in [-0.3, -0.25) is 14.6 Å². The number of nitrogens with one attached hydrogen (secondary N) is 4. The lowest BCUT2D eigenvalue weighted by Crippen LogP contribution is -2.55. The number of likely N-dealkylation sites (tertiary alicyclic amines) is 2. The number of H-pyrrole nitrogens is 1. The highest BCUT2D eigenvalue weighted by Crippen LogP contribution is 2.34. The Kier molecular flexibility index (Phi) is 14.8. The molecule has 2 aromatic carbocycles. The summed E-state index contributed by atoms with van der Waals surface area (Å²) in [5, 5.41) is 9.15. The number of aromatic nitrogens is 2. The van der Waals surface area contributed by atoms with Crippen LogP contribution in [0.3, 0.4) is 0 Å². The van der Waals surface area contributed by atoms with Gasteiger partial charge in [-0.05, 0) is 72.6 Å². The lowest BCUT2D eigenvalue weighted by molar-refractivity contribution is -0.135. The Labute approximate surface area is 353 Å². The number of nitrogens with zero attached hydrogens (tertiary/aromatic N) is 4. The number of carbonyl (C=O) groups is 4. The van der Waals surface area contributed by atoms with Crippen LogP contribution in [0.25, 0.3) is 22.4 Å². The summed E-state index contributed by atoms with van der Waals surface area (Å²) in [5.74, 6) is 1.03. The Morgan fingerprint density at radius 2 is 1.27 bits per heavy atom. The van der Waals surface area contributed by atoms with Gasteiger partial charge < -0.3 is 40.2 Å². The Morgan fingerprint density at radius 1 is 0.767 bits per heavy atom. The largest absolute Gasteiger partial charge is 0.449 e. The van der Waals surface area contributed by atoms with Crippen molar-refractivity contribution in [1.82, 2.24) is 35.7 Å². The van der Waals surface area contributed by atoms with Crippen molar-refractivity contribution >= 4 is 29.8 Å². The molecule has 14 heteroatoms. The number of benzene rings is 2. The lowest BCUT2D eigenvalue weighted by atomic mass is 9.99. The van der Waals surface area contributed by atoms with Crippen molar-refractivity contribution < 1.29 is 28.7 Å². The molecule has 60 heavy (non-hydrogen) atoms. The summed E-state index contributed by atoms with van der Waals surface area (Å²) in [7, 11) is 0. The van der Waals surface area contributed by atoms with Gasteiger partial charge in [-0.15, -0.1) is 13.2 Å². The molecule has 3 aliphatic rings. The monoisotopic (exact) mass is 820 g/mol. The summed E-state index contributed by atoms with van der Waals surface area (Å²) < 4.78 is 10.4. The zero-order chi connectivity index (χ0) is 42.8. The second-order valence-electron chi connectivity index (χ2n) is 16.3. The molecule has 0 bridgehead atoms. The van der Waals surface area contributed by atoms with Gasteiger partial charge in [0.1, 0.15) is 23.7 Å². The van der Waals surface area contributed by atoms with Crippen LogP contribution in [-0.4, -0.2) is 101 Å². The fourth-order valence-electron chi connectivity index (χ4n) is 8.07.